The van der Waals surface area contributed by atoms with Gasteiger partial charge in [0.2, 0.25) is 0 Å². The number of esters is 1. The number of halogens is 1. The zero-order chi connectivity index (χ0) is 23.4. The Bertz CT molecular complexity index is 1220. The fourth-order valence-electron chi connectivity index (χ4n) is 2.93. The minimum absolute atomic E-state index is 0.0355. The van der Waals surface area contributed by atoms with Gasteiger partial charge in [-0.2, -0.15) is 0 Å². The van der Waals surface area contributed by atoms with E-state index in [1.807, 2.05) is 12.1 Å². The van der Waals surface area contributed by atoms with Crippen LogP contribution in [0.3, 0.4) is 0 Å². The third kappa shape index (κ3) is 5.43. The Labute approximate surface area is 195 Å². The van der Waals surface area contributed by atoms with Crippen molar-refractivity contribution in [3.63, 3.8) is 0 Å². The number of hydrogen-bond acceptors (Lipinski definition) is 8. The molecule has 0 bridgehead atoms. The molecule has 0 saturated carbocycles. The Kier molecular flexibility index (Phi) is 7.80. The van der Waals surface area contributed by atoms with Gasteiger partial charge in [0.15, 0.2) is 16.3 Å². The molecule has 2 heterocycles. The van der Waals surface area contributed by atoms with Crippen LogP contribution < -0.4 is 16.0 Å². The molecular formula is C20H23BrN4O6S. The Balaban J connectivity index is 1.91. The van der Waals surface area contributed by atoms with Crippen LogP contribution in [-0.4, -0.2) is 54.7 Å². The normalized spacial score (nSPS) is 13.2. The largest absolute Gasteiger partial charge is 0.491 e. The molecule has 2 N–H and O–H groups in total. The molecule has 10 nitrogen and oxygen atoms in total. The first kappa shape index (κ1) is 24.1. The molecule has 12 heteroatoms. The van der Waals surface area contributed by atoms with Gasteiger partial charge >= 0.3 is 11.7 Å². The summed E-state index contributed by atoms with van der Waals surface area (Å²) < 4.78 is 14.3. The van der Waals surface area contributed by atoms with Gasteiger partial charge in [0.1, 0.15) is 23.7 Å². The van der Waals surface area contributed by atoms with Gasteiger partial charge in [0.25, 0.3) is 5.56 Å². The van der Waals surface area contributed by atoms with Crippen LogP contribution >= 0.6 is 27.7 Å². The Hall–Kier alpha value is -2.57. The Morgan fingerprint density at radius 1 is 1.31 bits per heavy atom. The number of ether oxygens (including phenoxy) is 2. The number of H-pyrrole nitrogens is 1. The van der Waals surface area contributed by atoms with Crippen LogP contribution in [0.4, 0.5) is 0 Å². The second-order valence-electron chi connectivity index (χ2n) is 6.93. The maximum Gasteiger partial charge on any atom is 0.329 e. The van der Waals surface area contributed by atoms with Crippen molar-refractivity contribution in [1.29, 1.82) is 0 Å². The van der Waals surface area contributed by atoms with Crippen molar-refractivity contribution in [2.24, 2.45) is 7.05 Å². The number of nitrogens with one attached hydrogen (secondary N) is 1. The van der Waals surface area contributed by atoms with Gasteiger partial charge < -0.3 is 19.1 Å². The Morgan fingerprint density at radius 2 is 2.00 bits per heavy atom. The van der Waals surface area contributed by atoms with E-state index in [0.29, 0.717) is 10.9 Å². The molecule has 0 spiro atoms. The summed E-state index contributed by atoms with van der Waals surface area (Å²) in [5.74, 6) is 0.145. The number of carbonyl (C=O) groups is 1. The average molecular weight is 527 g/mol. The molecule has 2 atom stereocenters. The number of aryl methyl sites for hydroxylation is 1. The summed E-state index contributed by atoms with van der Waals surface area (Å²) in [6.07, 6.45) is -0.995. The molecule has 0 aliphatic rings. The van der Waals surface area contributed by atoms with Crippen LogP contribution in [0.25, 0.3) is 11.2 Å². The van der Waals surface area contributed by atoms with E-state index in [-0.39, 0.29) is 30.9 Å². The summed E-state index contributed by atoms with van der Waals surface area (Å²) in [6.45, 7) is 3.53. The number of aliphatic hydroxyl groups excluding tert-OH is 1. The predicted molar refractivity (Wildman–Crippen MR) is 123 cm³/mol. The van der Waals surface area contributed by atoms with Gasteiger partial charge in [-0.25, -0.2) is 9.78 Å². The second-order valence-corrected chi connectivity index (χ2v) is 9.15. The van der Waals surface area contributed by atoms with E-state index in [9.17, 15) is 19.5 Å². The van der Waals surface area contributed by atoms with Crippen molar-refractivity contribution in [2.45, 2.75) is 36.9 Å². The monoisotopic (exact) mass is 526 g/mol. The number of aromatic amines is 1. The lowest BCUT2D eigenvalue weighted by atomic mass is 10.3. The zero-order valence-corrected chi connectivity index (χ0v) is 20.1. The number of carbonyl (C=O) groups excluding carboxylic acids is 1. The summed E-state index contributed by atoms with van der Waals surface area (Å²) in [7, 11) is 1.48. The van der Waals surface area contributed by atoms with Gasteiger partial charge in [-0.3, -0.25) is 19.1 Å². The van der Waals surface area contributed by atoms with E-state index in [1.54, 1.807) is 26.0 Å². The minimum atomic E-state index is -0.995. The lowest BCUT2D eigenvalue weighted by Gasteiger charge is -2.16. The summed E-state index contributed by atoms with van der Waals surface area (Å²) in [6, 6.07) is 7.14. The van der Waals surface area contributed by atoms with Gasteiger partial charge in [0.05, 0.1) is 13.2 Å². The van der Waals surface area contributed by atoms with Gasteiger partial charge in [-0.05, 0) is 38.1 Å². The van der Waals surface area contributed by atoms with Crippen LogP contribution in [0.1, 0.15) is 13.8 Å². The molecule has 3 rings (SSSR count). The van der Waals surface area contributed by atoms with E-state index < -0.39 is 28.6 Å². The predicted octanol–water partition coefficient (Wildman–Crippen LogP) is 1.67. The highest BCUT2D eigenvalue weighted by molar-refractivity contribution is 9.10. The lowest BCUT2D eigenvalue weighted by molar-refractivity contribution is -0.142. The quantitative estimate of drug-likeness (QED) is 0.318. The zero-order valence-electron chi connectivity index (χ0n) is 17.7. The highest BCUT2D eigenvalue weighted by atomic mass is 79.9. The van der Waals surface area contributed by atoms with Gasteiger partial charge in [-0.1, -0.05) is 27.7 Å². The molecule has 2 aromatic heterocycles. The minimum Gasteiger partial charge on any atom is -0.491 e. The topological polar surface area (TPSA) is 128 Å². The number of imidazole rings is 1. The number of aromatic nitrogens is 4. The summed E-state index contributed by atoms with van der Waals surface area (Å²) >= 11 is 4.42. The fraction of sp³-hybridized carbons (Fsp3) is 0.400. The first-order chi connectivity index (χ1) is 15.2. The standard InChI is InChI=1S/C20H23BrN4O6S/c1-4-30-18(28)11(2)32-20-22-16-15(17(27)23-19(29)24(16)3)25(20)9-13(26)10-31-14-7-5-12(21)6-8-14/h5-8,11,13,26H,4,9-10H2,1-3H3,(H,23,27,29). The van der Waals surface area contributed by atoms with Crippen LogP contribution in [0.15, 0.2) is 43.5 Å². The van der Waals surface area contributed by atoms with Crippen LogP contribution in [-0.2, 0) is 23.1 Å². The fourth-order valence-corrected chi connectivity index (χ4v) is 4.10. The third-order valence-electron chi connectivity index (χ3n) is 4.52. The van der Waals surface area contributed by atoms with Crippen LogP contribution in [0.5, 0.6) is 5.75 Å². The second kappa shape index (κ2) is 10.4. The first-order valence-corrected chi connectivity index (χ1v) is 11.5. The molecule has 0 fully saturated rings. The van der Waals surface area contributed by atoms with E-state index in [2.05, 4.69) is 25.9 Å². The molecule has 172 valence electrons. The van der Waals surface area contributed by atoms with Gasteiger partial charge in [0, 0.05) is 11.5 Å². The number of fused-ring (bicyclic) bond motifs is 1. The molecule has 0 radical (unpaired) electrons. The van der Waals surface area contributed by atoms with E-state index in [4.69, 9.17) is 9.47 Å². The molecule has 0 amide bonds. The van der Waals surface area contributed by atoms with Crippen LogP contribution in [0, 0.1) is 0 Å². The molecule has 0 aliphatic heterocycles. The maximum absolute atomic E-state index is 12.6. The molecule has 0 saturated heterocycles. The van der Waals surface area contributed by atoms with Crippen molar-refractivity contribution in [3.8, 4) is 5.75 Å². The van der Waals surface area contributed by atoms with Gasteiger partial charge in [-0.15, -0.1) is 0 Å². The van der Waals surface area contributed by atoms with Crippen LogP contribution in [0.2, 0.25) is 0 Å². The number of benzene rings is 1. The summed E-state index contributed by atoms with van der Waals surface area (Å²) in [4.78, 5) is 43.3. The lowest BCUT2D eigenvalue weighted by Crippen LogP contribution is -2.31. The molecule has 1 aromatic carbocycles. The van der Waals surface area contributed by atoms with E-state index in [0.717, 1.165) is 16.2 Å². The molecule has 0 aliphatic carbocycles. The highest BCUT2D eigenvalue weighted by Gasteiger charge is 2.24. The smallest absolute Gasteiger partial charge is 0.329 e. The van der Waals surface area contributed by atoms with Crippen molar-refractivity contribution in [1.82, 2.24) is 19.1 Å². The molecule has 3 aromatic rings. The first-order valence-electron chi connectivity index (χ1n) is 9.80. The van der Waals surface area contributed by atoms with E-state index in [1.165, 1.54) is 16.2 Å². The summed E-state index contributed by atoms with van der Waals surface area (Å²) in [5.41, 5.74) is -0.972. The number of nitrogens with zero attached hydrogens (tertiary/aromatic N) is 3. The van der Waals surface area contributed by atoms with Crippen molar-refractivity contribution in [2.75, 3.05) is 13.2 Å². The van der Waals surface area contributed by atoms with Crippen molar-refractivity contribution in [3.05, 3.63) is 49.6 Å². The molecular weight excluding hydrogens is 504 g/mol. The van der Waals surface area contributed by atoms with Crippen molar-refractivity contribution >= 4 is 44.8 Å². The summed E-state index contributed by atoms with van der Waals surface area (Å²) in [5, 5.41) is 10.3. The molecule has 32 heavy (non-hydrogen) atoms. The molecule has 2 unspecified atom stereocenters. The SMILES string of the molecule is CCOC(=O)C(C)Sc1nc2c(c(=O)[nH]c(=O)n2C)n1CC(O)COc1ccc(Br)cc1. The maximum atomic E-state index is 12.6. The van der Waals surface area contributed by atoms with E-state index >= 15 is 0 Å². The number of aliphatic hydroxyl groups is 1. The third-order valence-corrected chi connectivity index (χ3v) is 6.12. The number of thioether (sulfide) groups is 1. The highest BCUT2D eigenvalue weighted by Crippen LogP contribution is 2.26. The Morgan fingerprint density at radius 3 is 2.66 bits per heavy atom. The number of rotatable bonds is 9. The van der Waals surface area contributed by atoms with Crippen molar-refractivity contribution < 1.29 is 19.4 Å². The number of hydrogen-bond donors (Lipinski definition) is 2. The average Bonchev–Trinajstić information content (AvgIpc) is 3.10.